The van der Waals surface area contributed by atoms with Crippen molar-refractivity contribution in [1.82, 2.24) is 4.72 Å². The van der Waals surface area contributed by atoms with Gasteiger partial charge in [-0.1, -0.05) is 0 Å². The van der Waals surface area contributed by atoms with Gasteiger partial charge in [0.25, 0.3) is 0 Å². The summed E-state index contributed by atoms with van der Waals surface area (Å²) in [5.41, 5.74) is 5.64. The molecule has 0 amide bonds. The van der Waals surface area contributed by atoms with Gasteiger partial charge in [-0.15, -0.1) is 0 Å². The lowest BCUT2D eigenvalue weighted by molar-refractivity contribution is 0.0698. The van der Waals surface area contributed by atoms with Crippen molar-refractivity contribution in [3.63, 3.8) is 0 Å². The van der Waals surface area contributed by atoms with Gasteiger partial charge in [0.15, 0.2) is 0 Å². The van der Waals surface area contributed by atoms with Gasteiger partial charge >= 0.3 is 16.2 Å². The number of hydrogen-bond donors (Lipinski definition) is 3. The molecule has 8 heteroatoms. The molecule has 0 aliphatic rings. The second-order valence-corrected chi connectivity index (χ2v) is 6.06. The highest BCUT2D eigenvalue weighted by Crippen LogP contribution is 2.24. The van der Waals surface area contributed by atoms with E-state index in [1.807, 2.05) is 0 Å². The molecular weight excluding hydrogens is 270 g/mol. The van der Waals surface area contributed by atoms with Crippen LogP contribution < -0.4 is 14.8 Å². The molecule has 0 atom stereocenters. The number of nitrogen functional groups attached to an aromatic ring is 1. The van der Waals surface area contributed by atoms with Crippen molar-refractivity contribution in [3.8, 4) is 0 Å². The topological polar surface area (TPSA) is 113 Å². The lowest BCUT2D eigenvalue weighted by Crippen LogP contribution is -2.42. The van der Waals surface area contributed by atoms with Crippen LogP contribution in [0.3, 0.4) is 0 Å². The van der Waals surface area contributed by atoms with Gasteiger partial charge in [0.2, 0.25) is 0 Å². The number of carboxylic acid groups (broad SMARTS) is 1. The van der Waals surface area contributed by atoms with Gasteiger partial charge in [0.05, 0.1) is 11.3 Å². The average Bonchev–Trinajstić information content (AvgIpc) is 2.26. The summed E-state index contributed by atoms with van der Waals surface area (Å²) in [6.45, 7) is 3.35. The van der Waals surface area contributed by atoms with E-state index in [1.54, 1.807) is 13.8 Å². The summed E-state index contributed by atoms with van der Waals surface area (Å²) in [5.74, 6) is -1.24. The van der Waals surface area contributed by atoms with Crippen LogP contribution >= 0.6 is 0 Å². The standard InChI is InChI=1S/C11H17N3O4S/c1-7(2)13-19(17,18)14(3)10-5-4-8(12)6-9(10)11(15)16/h4-7,13H,12H2,1-3H3,(H,15,16). The average molecular weight is 287 g/mol. The van der Waals surface area contributed by atoms with Crippen molar-refractivity contribution in [3.05, 3.63) is 23.8 Å². The summed E-state index contributed by atoms with van der Waals surface area (Å²) in [5, 5.41) is 9.09. The molecule has 106 valence electrons. The molecule has 0 heterocycles. The molecule has 0 aliphatic carbocycles. The molecule has 0 saturated heterocycles. The van der Waals surface area contributed by atoms with Gasteiger partial charge < -0.3 is 10.8 Å². The minimum atomic E-state index is -3.80. The zero-order valence-electron chi connectivity index (χ0n) is 10.9. The fourth-order valence-corrected chi connectivity index (χ4v) is 2.68. The highest BCUT2D eigenvalue weighted by molar-refractivity contribution is 7.90. The fraction of sp³-hybridized carbons (Fsp3) is 0.364. The molecule has 0 spiro atoms. The molecule has 1 rings (SSSR count). The van der Waals surface area contributed by atoms with Crippen LogP contribution in [0.2, 0.25) is 0 Å². The molecule has 1 aromatic rings. The number of carboxylic acids is 1. The molecule has 7 nitrogen and oxygen atoms in total. The van der Waals surface area contributed by atoms with Crippen molar-refractivity contribution in [1.29, 1.82) is 0 Å². The first kappa shape index (κ1) is 15.3. The first-order chi connectivity index (χ1) is 8.65. The van der Waals surface area contributed by atoms with Gasteiger partial charge in [-0.2, -0.15) is 13.1 Å². The van der Waals surface area contributed by atoms with E-state index in [-0.39, 0.29) is 23.0 Å². The summed E-state index contributed by atoms with van der Waals surface area (Å²) in [4.78, 5) is 11.1. The van der Waals surface area contributed by atoms with Crippen LogP contribution in [0.5, 0.6) is 0 Å². The largest absolute Gasteiger partial charge is 0.478 e. The number of rotatable bonds is 5. The van der Waals surface area contributed by atoms with Crippen LogP contribution in [0.25, 0.3) is 0 Å². The van der Waals surface area contributed by atoms with E-state index in [4.69, 9.17) is 10.8 Å². The predicted molar refractivity (Wildman–Crippen MR) is 73.4 cm³/mol. The lowest BCUT2D eigenvalue weighted by Gasteiger charge is -2.22. The minimum absolute atomic E-state index is 0.0508. The van der Waals surface area contributed by atoms with Crippen molar-refractivity contribution in [2.45, 2.75) is 19.9 Å². The minimum Gasteiger partial charge on any atom is -0.478 e. The Morgan fingerprint density at radius 2 is 2.00 bits per heavy atom. The predicted octanol–water partition coefficient (Wildman–Crippen LogP) is 0.646. The molecule has 0 fully saturated rings. The molecule has 0 saturated carbocycles. The number of aromatic carboxylic acids is 1. The van der Waals surface area contributed by atoms with Crippen molar-refractivity contribution >= 4 is 27.6 Å². The third-order valence-corrected chi connectivity index (χ3v) is 4.02. The van der Waals surface area contributed by atoms with Crippen molar-refractivity contribution < 1.29 is 18.3 Å². The highest BCUT2D eigenvalue weighted by atomic mass is 32.2. The van der Waals surface area contributed by atoms with Gasteiger partial charge in [0.1, 0.15) is 0 Å². The quantitative estimate of drug-likeness (QED) is 0.688. The van der Waals surface area contributed by atoms with Gasteiger partial charge in [0, 0.05) is 18.8 Å². The zero-order valence-corrected chi connectivity index (χ0v) is 11.7. The Kier molecular flexibility index (Phi) is 4.38. The molecule has 0 radical (unpaired) electrons. The molecule has 0 unspecified atom stereocenters. The van der Waals surface area contributed by atoms with Crippen LogP contribution in [0.4, 0.5) is 11.4 Å². The first-order valence-corrected chi connectivity index (χ1v) is 6.98. The molecule has 0 aromatic heterocycles. The van der Waals surface area contributed by atoms with Crippen LogP contribution in [0, 0.1) is 0 Å². The smallest absolute Gasteiger partial charge is 0.337 e. The number of anilines is 2. The van der Waals surface area contributed by atoms with Crippen molar-refractivity contribution in [2.24, 2.45) is 0 Å². The summed E-state index contributed by atoms with van der Waals surface area (Å²) in [6.07, 6.45) is 0. The fourth-order valence-electron chi connectivity index (χ4n) is 1.51. The summed E-state index contributed by atoms with van der Waals surface area (Å²) < 4.78 is 27.2. The number of carbonyl (C=O) groups is 1. The molecule has 1 aromatic carbocycles. The first-order valence-electron chi connectivity index (χ1n) is 5.54. The Morgan fingerprint density at radius 1 is 1.42 bits per heavy atom. The van der Waals surface area contributed by atoms with E-state index < -0.39 is 16.2 Å². The second-order valence-electron chi connectivity index (χ2n) is 4.33. The summed E-state index contributed by atoms with van der Waals surface area (Å²) in [6, 6.07) is 3.73. The van der Waals surface area contributed by atoms with Crippen LogP contribution in [-0.4, -0.2) is 32.6 Å². The number of benzene rings is 1. The Balaban J connectivity index is 3.27. The Hall–Kier alpha value is -1.80. The maximum atomic E-state index is 12.0. The normalized spacial score (nSPS) is 11.6. The van der Waals surface area contributed by atoms with E-state index in [2.05, 4.69) is 4.72 Å². The monoisotopic (exact) mass is 287 g/mol. The van der Waals surface area contributed by atoms with E-state index in [9.17, 15) is 13.2 Å². The van der Waals surface area contributed by atoms with E-state index in [0.29, 0.717) is 0 Å². The third kappa shape index (κ3) is 3.58. The number of nitrogens with one attached hydrogen (secondary N) is 1. The van der Waals surface area contributed by atoms with Crippen LogP contribution in [0.1, 0.15) is 24.2 Å². The second kappa shape index (κ2) is 5.45. The zero-order chi connectivity index (χ0) is 14.8. The maximum absolute atomic E-state index is 12.0. The SMILES string of the molecule is CC(C)NS(=O)(=O)N(C)c1ccc(N)cc1C(=O)O. The van der Waals surface area contributed by atoms with Gasteiger partial charge in [-0.25, -0.2) is 4.79 Å². The lowest BCUT2D eigenvalue weighted by atomic mass is 10.1. The van der Waals surface area contributed by atoms with Crippen LogP contribution in [0.15, 0.2) is 18.2 Å². The molecule has 0 aliphatic heterocycles. The third-order valence-electron chi connectivity index (χ3n) is 2.34. The summed E-state index contributed by atoms with van der Waals surface area (Å²) in [7, 11) is -2.52. The Bertz CT molecular complexity index is 584. The van der Waals surface area contributed by atoms with E-state index >= 15 is 0 Å². The Morgan fingerprint density at radius 3 is 2.47 bits per heavy atom. The number of nitrogens with two attached hydrogens (primary N) is 1. The van der Waals surface area contributed by atoms with Gasteiger partial charge in [-0.05, 0) is 32.0 Å². The molecular formula is C11H17N3O4S. The molecule has 19 heavy (non-hydrogen) atoms. The number of nitrogens with zero attached hydrogens (tertiary/aromatic N) is 1. The van der Waals surface area contributed by atoms with E-state index in [1.165, 1.54) is 25.2 Å². The number of hydrogen-bond acceptors (Lipinski definition) is 4. The Labute approximate surface area is 112 Å². The summed E-state index contributed by atoms with van der Waals surface area (Å²) >= 11 is 0. The molecule has 4 N–H and O–H groups in total. The van der Waals surface area contributed by atoms with E-state index in [0.717, 1.165) is 4.31 Å². The van der Waals surface area contributed by atoms with Crippen molar-refractivity contribution in [2.75, 3.05) is 17.1 Å². The highest BCUT2D eigenvalue weighted by Gasteiger charge is 2.23. The maximum Gasteiger partial charge on any atom is 0.337 e. The molecule has 0 bridgehead atoms. The van der Waals surface area contributed by atoms with Crippen LogP contribution in [-0.2, 0) is 10.2 Å². The van der Waals surface area contributed by atoms with Gasteiger partial charge in [-0.3, -0.25) is 4.31 Å².